The molecule has 0 unspecified atom stereocenters. The molecule has 0 saturated heterocycles. The summed E-state index contributed by atoms with van der Waals surface area (Å²) in [6.45, 7) is 0.963. The van der Waals surface area contributed by atoms with E-state index in [1.807, 2.05) is 0 Å². The van der Waals surface area contributed by atoms with Gasteiger partial charge in [-0.25, -0.2) is 4.79 Å². The van der Waals surface area contributed by atoms with Crippen LogP contribution in [0.5, 0.6) is 0 Å². The van der Waals surface area contributed by atoms with Crippen LogP contribution in [0.2, 0.25) is 0 Å². The van der Waals surface area contributed by atoms with Gasteiger partial charge in [0, 0.05) is 25.5 Å². The Labute approximate surface area is 367 Å². The third-order valence-corrected chi connectivity index (χ3v) is 11.3. The Bertz CT molecular complexity index is 1690. The van der Waals surface area contributed by atoms with Gasteiger partial charge in [-0.15, -0.1) is 0 Å². The van der Waals surface area contributed by atoms with Crippen molar-refractivity contribution in [1.29, 1.82) is 0 Å². The maximum Gasteiger partial charge on any atom is 0.374 e. The molecule has 63 heavy (non-hydrogen) atoms. The maximum atomic E-state index is 14.2. The predicted molar refractivity (Wildman–Crippen MR) is 219 cm³/mol. The molecule has 0 aliphatic heterocycles. The van der Waals surface area contributed by atoms with Crippen LogP contribution in [0.3, 0.4) is 0 Å². The number of carbonyl (C=O) groups is 12. The van der Waals surface area contributed by atoms with Gasteiger partial charge in [-0.3, -0.25) is 52.7 Å². The van der Waals surface area contributed by atoms with Crippen LogP contribution in [0.15, 0.2) is 0 Å². The first kappa shape index (κ1) is 53.3. The predicted octanol–water partition coefficient (Wildman–Crippen LogP) is -1.05. The summed E-state index contributed by atoms with van der Waals surface area (Å²) in [6.07, 6.45) is 4.10. The number of hydrogen-bond donors (Lipinski definition) is 12. The lowest BCUT2D eigenvalue weighted by Crippen LogP contribution is -2.60. The van der Waals surface area contributed by atoms with E-state index in [9.17, 15) is 83.1 Å². The Kier molecular flexibility index (Phi) is 22.5. The first-order valence-electron chi connectivity index (χ1n) is 20.7. The van der Waals surface area contributed by atoms with Gasteiger partial charge in [-0.1, -0.05) is 64.2 Å². The Morgan fingerprint density at radius 1 is 0.508 bits per heavy atom. The lowest BCUT2D eigenvalue weighted by atomic mass is 9.84. The second-order valence-electron chi connectivity index (χ2n) is 15.9. The SMILES string of the molecule is CC(=O)N[C@@H](CC(=O)O)C(=O)N[C@H](CC(C(=O)O)C(=O)O)C(=O)N[C@@H](CC1CCCCC1)C(=O)N[C@@H](CCC(=O)O)C(=O)N[C@@H](CC1CCCCC1)C(=O)N[C@@H](CS)C(=O)C(=O)O. The fraction of sp³-hybridized carbons (Fsp3) is 0.692. The molecule has 352 valence electrons. The monoisotopic (exact) mass is 914 g/mol. The summed E-state index contributed by atoms with van der Waals surface area (Å²) in [7, 11) is 0. The van der Waals surface area contributed by atoms with Crippen LogP contribution in [0.1, 0.15) is 110 Å². The molecular formula is C39H58N6O17S. The molecular weight excluding hydrogens is 857 g/mol. The lowest BCUT2D eigenvalue weighted by Gasteiger charge is -2.31. The van der Waals surface area contributed by atoms with E-state index < -0.39 is 145 Å². The van der Waals surface area contributed by atoms with E-state index in [2.05, 4.69) is 44.5 Å². The summed E-state index contributed by atoms with van der Waals surface area (Å²) in [5, 5.41) is 61.0. The van der Waals surface area contributed by atoms with Crippen molar-refractivity contribution in [3.63, 3.8) is 0 Å². The Morgan fingerprint density at radius 3 is 1.30 bits per heavy atom. The van der Waals surface area contributed by atoms with Crippen LogP contribution in [0.4, 0.5) is 0 Å². The molecule has 2 fully saturated rings. The normalized spacial score (nSPS) is 17.3. The van der Waals surface area contributed by atoms with Crippen molar-refractivity contribution in [2.45, 2.75) is 146 Å². The van der Waals surface area contributed by atoms with E-state index in [-0.39, 0.29) is 24.7 Å². The zero-order valence-electron chi connectivity index (χ0n) is 34.8. The standard InChI is InChI=1S/C39H58N6O17S/c1-19(46)40-27(17-30(49)50)36(56)44-26(16-22(37(57)58)38(59)60)35(55)43-24(14-20-8-4-2-5-9-20)33(53)41-23(12-13-29(47)48)32(52)42-25(15-21-10-6-3-7-11-21)34(54)45-28(18-63)31(51)39(61)62/h20-28,63H,2-18H2,1H3,(H,40,46)(H,41,53)(H,42,52)(H,43,55)(H,44,56)(H,45,54)(H,47,48)(H,49,50)(H,57,58)(H,59,60)(H,61,62)/t23-,24-,25-,26+,27-,28-/m0/s1. The highest BCUT2D eigenvalue weighted by Gasteiger charge is 2.39. The smallest absolute Gasteiger partial charge is 0.374 e. The molecule has 0 aromatic carbocycles. The summed E-state index contributed by atoms with van der Waals surface area (Å²) in [6, 6.07) is -10.1. The highest BCUT2D eigenvalue weighted by Crippen LogP contribution is 2.29. The number of aliphatic carboxylic acids is 5. The number of hydrogen-bond acceptors (Lipinski definition) is 13. The molecule has 0 radical (unpaired) electrons. The molecule has 0 aromatic rings. The molecule has 2 saturated carbocycles. The molecule has 0 aromatic heterocycles. The number of Topliss-reactive ketones (excluding diaryl/α,β-unsaturated/α-hetero) is 1. The number of carboxylic acid groups (broad SMARTS) is 5. The summed E-state index contributed by atoms with van der Waals surface area (Å²) in [5.41, 5.74) is 0. The largest absolute Gasteiger partial charge is 0.481 e. The van der Waals surface area contributed by atoms with Gasteiger partial charge in [-0.2, -0.15) is 12.6 Å². The maximum absolute atomic E-state index is 14.2. The van der Waals surface area contributed by atoms with Gasteiger partial charge in [0.25, 0.3) is 5.78 Å². The lowest BCUT2D eigenvalue weighted by molar-refractivity contribution is -0.155. The number of nitrogens with one attached hydrogen (secondary N) is 6. The van der Waals surface area contributed by atoms with E-state index >= 15 is 0 Å². The number of carboxylic acids is 5. The van der Waals surface area contributed by atoms with Crippen molar-refractivity contribution in [3.05, 3.63) is 0 Å². The van der Waals surface area contributed by atoms with Crippen molar-refractivity contribution >= 4 is 83.7 Å². The van der Waals surface area contributed by atoms with Crippen molar-refractivity contribution in [3.8, 4) is 0 Å². The van der Waals surface area contributed by atoms with Gasteiger partial charge < -0.3 is 57.4 Å². The number of rotatable bonds is 27. The van der Waals surface area contributed by atoms with Crippen LogP contribution in [-0.2, 0) is 57.5 Å². The van der Waals surface area contributed by atoms with E-state index in [0.29, 0.717) is 25.7 Å². The van der Waals surface area contributed by atoms with Crippen LogP contribution < -0.4 is 31.9 Å². The van der Waals surface area contributed by atoms with E-state index in [0.717, 1.165) is 45.4 Å². The third-order valence-electron chi connectivity index (χ3n) is 10.9. The highest BCUT2D eigenvalue weighted by atomic mass is 32.1. The van der Waals surface area contributed by atoms with Gasteiger partial charge in [0.05, 0.1) is 6.42 Å². The van der Waals surface area contributed by atoms with Crippen LogP contribution in [0.25, 0.3) is 0 Å². The first-order chi connectivity index (χ1) is 29.6. The van der Waals surface area contributed by atoms with E-state index in [4.69, 9.17) is 0 Å². The molecule has 0 spiro atoms. The van der Waals surface area contributed by atoms with E-state index in [1.165, 1.54) is 0 Å². The van der Waals surface area contributed by atoms with Gasteiger partial charge in [0.2, 0.25) is 35.4 Å². The molecule has 2 rings (SSSR count). The third kappa shape index (κ3) is 19.0. The van der Waals surface area contributed by atoms with Gasteiger partial charge in [0.15, 0.2) is 5.92 Å². The molecule has 23 nitrogen and oxygen atoms in total. The summed E-state index contributed by atoms with van der Waals surface area (Å²) in [5.74, 6) is -19.5. The van der Waals surface area contributed by atoms with Gasteiger partial charge in [-0.05, 0) is 31.1 Å². The Morgan fingerprint density at radius 2 is 0.905 bits per heavy atom. The second kappa shape index (κ2) is 26.6. The van der Waals surface area contributed by atoms with E-state index in [1.54, 1.807) is 0 Å². The number of thiol groups is 1. The Balaban J connectivity index is 2.52. The molecule has 2 aliphatic rings. The first-order valence-corrected chi connectivity index (χ1v) is 21.3. The zero-order valence-corrected chi connectivity index (χ0v) is 35.7. The molecule has 6 atom stereocenters. The quantitative estimate of drug-likeness (QED) is 0.0266. The van der Waals surface area contributed by atoms with Gasteiger partial charge >= 0.3 is 29.8 Å². The minimum absolute atomic E-state index is 0.0358. The van der Waals surface area contributed by atoms with Crippen LogP contribution in [0, 0.1) is 17.8 Å². The van der Waals surface area contributed by atoms with Crippen LogP contribution >= 0.6 is 12.6 Å². The van der Waals surface area contributed by atoms with Crippen LogP contribution in [-0.4, -0.2) is 139 Å². The summed E-state index contributed by atoms with van der Waals surface area (Å²) < 4.78 is 0. The minimum atomic E-state index is -2.31. The van der Waals surface area contributed by atoms with Crippen molar-refractivity contribution in [2.24, 2.45) is 17.8 Å². The number of amides is 6. The average Bonchev–Trinajstić information content (AvgIpc) is 3.21. The van der Waals surface area contributed by atoms with Crippen molar-refractivity contribution in [1.82, 2.24) is 31.9 Å². The summed E-state index contributed by atoms with van der Waals surface area (Å²) >= 11 is 3.97. The van der Waals surface area contributed by atoms with Crippen molar-refractivity contribution in [2.75, 3.05) is 5.75 Å². The summed E-state index contributed by atoms with van der Waals surface area (Å²) in [4.78, 5) is 151. The highest BCUT2D eigenvalue weighted by molar-refractivity contribution is 7.80. The molecule has 2 aliphatic carbocycles. The van der Waals surface area contributed by atoms with Crippen molar-refractivity contribution < 1.29 is 83.1 Å². The molecule has 11 N–H and O–H groups in total. The number of ketones is 1. The number of carbonyl (C=O) groups excluding carboxylic acids is 7. The molecule has 6 amide bonds. The average molecular weight is 915 g/mol. The topological polar surface area (TPSA) is 378 Å². The fourth-order valence-electron chi connectivity index (χ4n) is 7.62. The Hall–Kier alpha value is -5.81. The fourth-order valence-corrected chi connectivity index (χ4v) is 7.88. The second-order valence-corrected chi connectivity index (χ2v) is 16.3. The molecule has 0 heterocycles. The zero-order chi connectivity index (χ0) is 47.4. The molecule has 0 bridgehead atoms. The molecule has 24 heteroatoms. The minimum Gasteiger partial charge on any atom is -0.481 e. The van der Waals surface area contributed by atoms with Gasteiger partial charge in [0.1, 0.15) is 36.3 Å².